The zero-order valence-corrected chi connectivity index (χ0v) is 10.6. The quantitative estimate of drug-likeness (QED) is 0.220. The van der Waals surface area contributed by atoms with E-state index < -0.39 is 26.8 Å². The van der Waals surface area contributed by atoms with Gasteiger partial charge in [-0.15, -0.1) is 0 Å². The number of esters is 1. The van der Waals surface area contributed by atoms with Gasteiger partial charge >= 0.3 is 0 Å². The third kappa shape index (κ3) is 4.34. The van der Waals surface area contributed by atoms with Crippen molar-refractivity contribution in [1.82, 2.24) is 0 Å². The fourth-order valence-corrected chi connectivity index (χ4v) is 1.44. The molecule has 0 aliphatic heterocycles. The second-order valence-electron chi connectivity index (χ2n) is 2.63. The Bertz CT molecular complexity index is 540. The summed E-state index contributed by atoms with van der Waals surface area (Å²) in [7, 11) is -4.63. The van der Waals surface area contributed by atoms with Crippen LogP contribution in [0.4, 0.5) is 4.39 Å². The molecule has 0 spiro atoms. The average Bonchev–Trinajstić information content (AvgIpc) is 2.15. The molecule has 0 amide bonds. The average molecular weight is 348 g/mol. The Morgan fingerprint density at radius 2 is 2.06 bits per heavy atom. The molecule has 1 radical (unpaired) electrons. The van der Waals surface area contributed by atoms with Gasteiger partial charge in [-0.1, -0.05) is 0 Å². The van der Waals surface area contributed by atoms with Crippen molar-refractivity contribution in [3.8, 4) is 5.75 Å². The molecule has 0 saturated carbocycles. The van der Waals surface area contributed by atoms with Crippen LogP contribution in [-0.4, -0.2) is 18.9 Å². The second kappa shape index (κ2) is 6.00. The van der Waals surface area contributed by atoms with Gasteiger partial charge in [0.05, 0.1) is 0 Å². The topological polar surface area (TPSA) is 80.7 Å². The first kappa shape index (κ1) is 15.9. The van der Waals surface area contributed by atoms with Gasteiger partial charge in [0.1, 0.15) is 16.5 Å². The van der Waals surface area contributed by atoms with Crippen LogP contribution in [0, 0.1) is 11.9 Å². The van der Waals surface area contributed by atoms with Crippen LogP contribution in [0.5, 0.6) is 5.75 Å². The summed E-state index contributed by atoms with van der Waals surface area (Å²) in [4.78, 5) is 9.79. The van der Waals surface area contributed by atoms with Crippen molar-refractivity contribution in [2.45, 2.75) is 4.90 Å². The molecule has 1 aromatic carbocycles. The van der Waals surface area contributed by atoms with E-state index in [1.807, 2.05) is 6.08 Å². The van der Waals surface area contributed by atoms with E-state index in [-0.39, 0.29) is 25.2 Å². The molecular weight excluding hydrogens is 342 g/mol. The van der Waals surface area contributed by atoms with Crippen LogP contribution in [0.3, 0.4) is 0 Å². The van der Waals surface area contributed by atoms with Gasteiger partial charge in [-0.2, -0.15) is 8.42 Å². The van der Waals surface area contributed by atoms with E-state index in [0.717, 1.165) is 12.1 Å². The predicted molar refractivity (Wildman–Crippen MR) is 50.7 cm³/mol. The minimum atomic E-state index is -4.63. The van der Waals surface area contributed by atoms with E-state index in [0.29, 0.717) is 6.07 Å². The van der Waals surface area contributed by atoms with Gasteiger partial charge in [0.2, 0.25) is 0 Å². The molecule has 0 bridgehead atoms. The molecule has 0 unspecified atom stereocenters. The van der Waals surface area contributed by atoms with Crippen LogP contribution in [0.15, 0.2) is 29.7 Å². The van der Waals surface area contributed by atoms with Gasteiger partial charge in [0.25, 0.3) is 10.1 Å². The summed E-state index contributed by atoms with van der Waals surface area (Å²) in [6.07, 6.45) is 1.88. The van der Waals surface area contributed by atoms with Gasteiger partial charge in [-0.25, -0.2) is 4.39 Å². The van der Waals surface area contributed by atoms with E-state index in [1.54, 1.807) is 0 Å². The minimum Gasteiger partial charge on any atom is -0.454 e. The van der Waals surface area contributed by atoms with Crippen LogP contribution in [-0.2, 0) is 34.4 Å². The maximum absolute atomic E-state index is 13.1. The third-order valence-electron chi connectivity index (χ3n) is 1.54. The zero-order chi connectivity index (χ0) is 12.3. The summed E-state index contributed by atoms with van der Waals surface area (Å²) in [6.45, 7) is 3.01. The Labute approximate surface area is 110 Å². The van der Waals surface area contributed by atoms with E-state index in [1.165, 1.54) is 0 Å². The Morgan fingerprint density at radius 1 is 1.47 bits per heavy atom. The van der Waals surface area contributed by atoms with Gasteiger partial charge in [-0.3, -0.25) is 15.9 Å². The molecule has 95 valence electrons. The molecular formula is C9H6FO5RhS-. The van der Waals surface area contributed by atoms with Crippen LogP contribution in [0.25, 0.3) is 0 Å². The molecule has 1 N–H and O–H groups in total. The first-order valence-electron chi connectivity index (χ1n) is 3.86. The van der Waals surface area contributed by atoms with Gasteiger partial charge in [-0.05, 0) is 12.1 Å². The van der Waals surface area contributed by atoms with Crippen LogP contribution in [0.1, 0.15) is 0 Å². The Morgan fingerprint density at radius 3 is 2.47 bits per heavy atom. The van der Waals surface area contributed by atoms with Crippen LogP contribution < -0.4 is 4.74 Å². The Balaban J connectivity index is 0.00000256. The fraction of sp³-hybridized carbons (Fsp3) is 0. The molecule has 0 aromatic heterocycles. The van der Waals surface area contributed by atoms with Crippen LogP contribution in [0.2, 0.25) is 0 Å². The standard InChI is InChI=1S/C9H6FO5S.Rh/c1-2-9(11)15-6-3-4-8(7(10)5-6)16(12,13)14;/h3-5H,1H2,(H,12,13,14);/q-1;. The smallest absolute Gasteiger partial charge is 0.297 e. The SMILES string of the molecule is C=[C-]C(=O)Oc1ccc(S(=O)(=O)O)c(F)c1.[Rh]. The normalized spacial score (nSPS) is 10.2. The Hall–Kier alpha value is -1.11. The number of halogens is 1. The number of ether oxygens (including phenoxy) is 1. The molecule has 0 fully saturated rings. The van der Waals surface area contributed by atoms with E-state index >= 15 is 0 Å². The first-order chi connectivity index (χ1) is 7.34. The zero-order valence-electron chi connectivity index (χ0n) is 8.14. The molecule has 0 saturated heterocycles. The molecule has 1 aromatic rings. The molecule has 0 aliphatic rings. The van der Waals surface area contributed by atoms with Crippen molar-refractivity contribution in [3.05, 3.63) is 36.7 Å². The number of benzene rings is 1. The second-order valence-corrected chi connectivity index (χ2v) is 4.02. The third-order valence-corrected chi connectivity index (χ3v) is 2.42. The minimum absolute atomic E-state index is 0. The molecule has 5 nitrogen and oxygen atoms in total. The maximum atomic E-state index is 13.1. The Kier molecular flexibility index (Phi) is 5.61. The van der Waals surface area contributed by atoms with Crippen LogP contribution >= 0.6 is 0 Å². The molecule has 0 atom stereocenters. The maximum Gasteiger partial charge on any atom is 0.297 e. The van der Waals surface area contributed by atoms with Gasteiger partial charge in [0, 0.05) is 25.5 Å². The summed E-state index contributed by atoms with van der Waals surface area (Å²) >= 11 is 0. The van der Waals surface area contributed by atoms with Crippen molar-refractivity contribution in [2.75, 3.05) is 0 Å². The molecule has 1 rings (SSSR count). The predicted octanol–water partition coefficient (Wildman–Crippen LogP) is 0.964. The largest absolute Gasteiger partial charge is 0.454 e. The van der Waals surface area contributed by atoms with Gasteiger partial charge in [0.15, 0.2) is 5.97 Å². The number of hydrogen-bond donors (Lipinski definition) is 1. The number of carbonyl (C=O) groups excluding carboxylic acids is 1. The summed E-state index contributed by atoms with van der Waals surface area (Å²) in [6, 6.07) is 2.44. The number of carbonyl (C=O) groups is 1. The molecule has 0 aliphatic carbocycles. The van der Waals surface area contributed by atoms with E-state index in [2.05, 4.69) is 11.3 Å². The summed E-state index contributed by atoms with van der Waals surface area (Å²) in [5.41, 5.74) is 0. The number of hydrogen-bond acceptors (Lipinski definition) is 4. The molecule has 8 heteroatoms. The van der Waals surface area contributed by atoms with Crippen molar-refractivity contribution in [1.29, 1.82) is 0 Å². The van der Waals surface area contributed by atoms with E-state index in [4.69, 9.17) is 4.55 Å². The number of rotatable bonds is 3. The summed E-state index contributed by atoms with van der Waals surface area (Å²) < 4.78 is 47.5. The monoisotopic (exact) mass is 348 g/mol. The first-order valence-corrected chi connectivity index (χ1v) is 5.30. The van der Waals surface area contributed by atoms with Crippen molar-refractivity contribution in [2.24, 2.45) is 0 Å². The van der Waals surface area contributed by atoms with Crippen molar-refractivity contribution >= 4 is 16.1 Å². The molecule has 0 heterocycles. The summed E-state index contributed by atoms with van der Waals surface area (Å²) in [5.74, 6) is -2.37. The fourth-order valence-electron chi connectivity index (χ4n) is 0.897. The van der Waals surface area contributed by atoms with Crippen molar-refractivity contribution < 1.29 is 46.4 Å². The van der Waals surface area contributed by atoms with Crippen molar-refractivity contribution in [3.63, 3.8) is 0 Å². The molecule has 17 heavy (non-hydrogen) atoms. The van der Waals surface area contributed by atoms with E-state index in [9.17, 15) is 17.6 Å². The van der Waals surface area contributed by atoms with Gasteiger partial charge < -0.3 is 10.8 Å². The summed E-state index contributed by atoms with van der Waals surface area (Å²) in [5, 5.41) is 0.